The summed E-state index contributed by atoms with van der Waals surface area (Å²) in [5.41, 5.74) is 0.0618. The van der Waals surface area contributed by atoms with Gasteiger partial charge in [-0.25, -0.2) is 0 Å². The SMILES string of the molecule is CC(C)(C)CC(CO)NC(=O)CCc1nc(C2CC2)no1. The van der Waals surface area contributed by atoms with Crippen LogP contribution in [-0.2, 0) is 11.2 Å². The Hall–Kier alpha value is -1.43. The van der Waals surface area contributed by atoms with Crippen molar-refractivity contribution in [1.29, 1.82) is 0 Å². The van der Waals surface area contributed by atoms with Crippen molar-refractivity contribution in [3.63, 3.8) is 0 Å². The van der Waals surface area contributed by atoms with Gasteiger partial charge < -0.3 is 14.9 Å². The molecule has 118 valence electrons. The Morgan fingerprint density at radius 2 is 2.19 bits per heavy atom. The molecular weight excluding hydrogens is 270 g/mol. The Morgan fingerprint density at radius 1 is 1.48 bits per heavy atom. The summed E-state index contributed by atoms with van der Waals surface area (Å²) in [6.45, 7) is 6.20. The van der Waals surface area contributed by atoms with E-state index in [2.05, 4.69) is 36.2 Å². The zero-order chi connectivity index (χ0) is 15.5. The highest BCUT2D eigenvalue weighted by Crippen LogP contribution is 2.38. The molecule has 0 radical (unpaired) electrons. The van der Waals surface area contributed by atoms with Crippen molar-refractivity contribution in [3.05, 3.63) is 11.7 Å². The van der Waals surface area contributed by atoms with E-state index >= 15 is 0 Å². The summed E-state index contributed by atoms with van der Waals surface area (Å²) in [7, 11) is 0. The number of rotatable bonds is 7. The van der Waals surface area contributed by atoms with Crippen LogP contribution in [0.1, 0.15) is 64.1 Å². The number of aryl methyl sites for hydroxylation is 1. The maximum atomic E-state index is 11.9. The minimum Gasteiger partial charge on any atom is -0.394 e. The van der Waals surface area contributed by atoms with Crippen LogP contribution in [0.25, 0.3) is 0 Å². The summed E-state index contributed by atoms with van der Waals surface area (Å²) in [6, 6.07) is -0.206. The van der Waals surface area contributed by atoms with E-state index < -0.39 is 0 Å². The molecular formula is C15H25N3O3. The smallest absolute Gasteiger partial charge is 0.227 e. The largest absolute Gasteiger partial charge is 0.394 e. The number of nitrogens with one attached hydrogen (secondary N) is 1. The molecule has 0 saturated heterocycles. The van der Waals surface area contributed by atoms with Crippen LogP contribution < -0.4 is 5.32 Å². The number of hydrogen-bond acceptors (Lipinski definition) is 5. The molecule has 1 aromatic heterocycles. The fourth-order valence-electron chi connectivity index (χ4n) is 2.30. The molecule has 0 spiro atoms. The van der Waals surface area contributed by atoms with E-state index in [1.54, 1.807) is 0 Å². The van der Waals surface area contributed by atoms with E-state index in [4.69, 9.17) is 4.52 Å². The molecule has 1 aromatic rings. The first-order chi connectivity index (χ1) is 9.87. The number of nitrogens with zero attached hydrogens (tertiary/aromatic N) is 2. The molecule has 1 saturated carbocycles. The molecule has 1 fully saturated rings. The second-order valence-electron chi connectivity index (χ2n) is 7.03. The molecule has 1 atom stereocenters. The summed E-state index contributed by atoms with van der Waals surface area (Å²) in [5.74, 6) is 1.65. The highest BCUT2D eigenvalue weighted by atomic mass is 16.5. The highest BCUT2D eigenvalue weighted by Gasteiger charge is 2.28. The summed E-state index contributed by atoms with van der Waals surface area (Å²) in [4.78, 5) is 16.2. The Morgan fingerprint density at radius 3 is 2.76 bits per heavy atom. The Balaban J connectivity index is 1.75. The number of hydrogen-bond donors (Lipinski definition) is 2. The van der Waals surface area contributed by atoms with Gasteiger partial charge in [-0.15, -0.1) is 0 Å². The molecule has 21 heavy (non-hydrogen) atoms. The molecule has 2 N–H and O–H groups in total. The third-order valence-corrected chi connectivity index (χ3v) is 3.44. The van der Waals surface area contributed by atoms with Crippen LogP contribution in [0.15, 0.2) is 4.52 Å². The van der Waals surface area contributed by atoms with Gasteiger partial charge in [-0.05, 0) is 24.7 Å². The van der Waals surface area contributed by atoms with E-state index in [0.29, 0.717) is 24.7 Å². The Labute approximate surface area is 125 Å². The summed E-state index contributed by atoms with van der Waals surface area (Å²) < 4.78 is 5.14. The van der Waals surface area contributed by atoms with Gasteiger partial charge in [-0.1, -0.05) is 25.9 Å². The van der Waals surface area contributed by atoms with E-state index in [9.17, 15) is 9.90 Å². The summed E-state index contributed by atoms with van der Waals surface area (Å²) >= 11 is 0. The lowest BCUT2D eigenvalue weighted by molar-refractivity contribution is -0.122. The van der Waals surface area contributed by atoms with Crippen molar-refractivity contribution in [2.45, 2.75) is 64.8 Å². The molecule has 1 aliphatic carbocycles. The van der Waals surface area contributed by atoms with Crippen molar-refractivity contribution in [2.75, 3.05) is 6.61 Å². The molecule has 1 amide bonds. The van der Waals surface area contributed by atoms with Crippen molar-refractivity contribution in [1.82, 2.24) is 15.5 Å². The lowest BCUT2D eigenvalue weighted by Crippen LogP contribution is -2.40. The quantitative estimate of drug-likeness (QED) is 0.800. The standard InChI is InChI=1S/C15H25N3O3/c1-15(2,3)8-11(9-19)16-12(20)6-7-13-17-14(18-21-13)10-4-5-10/h10-11,19H,4-9H2,1-3H3,(H,16,20). The zero-order valence-electron chi connectivity index (χ0n) is 13.1. The van der Waals surface area contributed by atoms with Crippen molar-refractivity contribution >= 4 is 5.91 Å². The van der Waals surface area contributed by atoms with Gasteiger partial charge in [0.25, 0.3) is 0 Å². The molecule has 0 aliphatic heterocycles. The van der Waals surface area contributed by atoms with Gasteiger partial charge in [0.2, 0.25) is 11.8 Å². The minimum absolute atomic E-state index is 0.0462. The lowest BCUT2D eigenvalue weighted by Gasteiger charge is -2.25. The fraction of sp³-hybridized carbons (Fsp3) is 0.800. The predicted molar refractivity (Wildman–Crippen MR) is 77.7 cm³/mol. The maximum absolute atomic E-state index is 11.9. The molecule has 0 bridgehead atoms. The molecule has 1 aliphatic rings. The number of carbonyl (C=O) groups excluding carboxylic acids is 1. The van der Waals surface area contributed by atoms with Crippen LogP contribution in [0.5, 0.6) is 0 Å². The average molecular weight is 295 g/mol. The van der Waals surface area contributed by atoms with Crippen LogP contribution in [0, 0.1) is 5.41 Å². The van der Waals surface area contributed by atoms with E-state index in [1.165, 1.54) is 0 Å². The predicted octanol–water partition coefficient (Wildman–Crippen LogP) is 1.79. The number of aliphatic hydroxyl groups excluding tert-OH is 1. The van der Waals surface area contributed by atoms with Crippen molar-refractivity contribution in [2.24, 2.45) is 5.41 Å². The average Bonchev–Trinajstić information content (AvgIpc) is 3.13. The van der Waals surface area contributed by atoms with E-state index in [1.807, 2.05) is 0 Å². The van der Waals surface area contributed by atoms with Gasteiger partial charge in [-0.3, -0.25) is 4.79 Å². The minimum atomic E-state index is -0.206. The lowest BCUT2D eigenvalue weighted by atomic mass is 9.88. The fourth-order valence-corrected chi connectivity index (χ4v) is 2.30. The van der Waals surface area contributed by atoms with E-state index in [0.717, 1.165) is 25.1 Å². The van der Waals surface area contributed by atoms with Gasteiger partial charge in [0.1, 0.15) is 0 Å². The van der Waals surface area contributed by atoms with Gasteiger partial charge in [0, 0.05) is 18.8 Å². The summed E-state index contributed by atoms with van der Waals surface area (Å²) in [6.07, 6.45) is 3.74. The molecule has 2 rings (SSSR count). The number of carbonyl (C=O) groups is 1. The first-order valence-corrected chi connectivity index (χ1v) is 7.60. The Kier molecular flexibility index (Phi) is 4.98. The first kappa shape index (κ1) is 15.9. The van der Waals surface area contributed by atoms with Gasteiger partial charge in [0.05, 0.1) is 12.6 Å². The molecule has 1 unspecified atom stereocenters. The first-order valence-electron chi connectivity index (χ1n) is 7.60. The second kappa shape index (κ2) is 6.56. The van der Waals surface area contributed by atoms with Crippen LogP contribution in [0.3, 0.4) is 0 Å². The third-order valence-electron chi connectivity index (χ3n) is 3.44. The number of aliphatic hydroxyl groups is 1. The number of aromatic nitrogens is 2. The molecule has 6 heteroatoms. The van der Waals surface area contributed by atoms with Crippen molar-refractivity contribution in [3.8, 4) is 0 Å². The van der Waals surface area contributed by atoms with Crippen LogP contribution >= 0.6 is 0 Å². The van der Waals surface area contributed by atoms with Crippen LogP contribution in [-0.4, -0.2) is 33.8 Å². The van der Waals surface area contributed by atoms with Crippen molar-refractivity contribution < 1.29 is 14.4 Å². The van der Waals surface area contributed by atoms with Crippen LogP contribution in [0.2, 0.25) is 0 Å². The third kappa shape index (κ3) is 5.46. The van der Waals surface area contributed by atoms with Crippen LogP contribution in [0.4, 0.5) is 0 Å². The second-order valence-corrected chi connectivity index (χ2v) is 7.03. The maximum Gasteiger partial charge on any atom is 0.227 e. The Bertz CT molecular complexity index is 475. The topological polar surface area (TPSA) is 88.2 Å². The normalized spacial score (nSPS) is 16.8. The summed E-state index contributed by atoms with van der Waals surface area (Å²) in [5, 5.41) is 16.1. The molecule has 6 nitrogen and oxygen atoms in total. The van der Waals surface area contributed by atoms with Gasteiger partial charge in [-0.2, -0.15) is 4.98 Å². The zero-order valence-corrected chi connectivity index (χ0v) is 13.1. The number of amides is 1. The molecule has 0 aromatic carbocycles. The van der Waals surface area contributed by atoms with Gasteiger partial charge >= 0.3 is 0 Å². The highest BCUT2D eigenvalue weighted by molar-refractivity contribution is 5.76. The monoisotopic (exact) mass is 295 g/mol. The molecule has 1 heterocycles. The van der Waals surface area contributed by atoms with E-state index in [-0.39, 0.29) is 24.0 Å². The van der Waals surface area contributed by atoms with Gasteiger partial charge in [0.15, 0.2) is 5.82 Å².